The van der Waals surface area contributed by atoms with Gasteiger partial charge in [0, 0.05) is 19.1 Å². The van der Waals surface area contributed by atoms with E-state index in [-0.39, 0.29) is 17.6 Å². The van der Waals surface area contributed by atoms with Crippen molar-refractivity contribution >= 4 is 21.5 Å². The molecule has 6 nitrogen and oxygen atoms in total. The average Bonchev–Trinajstić information content (AvgIpc) is 3.38. The van der Waals surface area contributed by atoms with Gasteiger partial charge in [0.15, 0.2) is 0 Å². The lowest BCUT2D eigenvalue weighted by Gasteiger charge is -2.26. The van der Waals surface area contributed by atoms with E-state index in [0.29, 0.717) is 31.2 Å². The van der Waals surface area contributed by atoms with Crippen LogP contribution in [0.15, 0.2) is 24.3 Å². The van der Waals surface area contributed by atoms with E-state index >= 15 is 0 Å². The lowest BCUT2D eigenvalue weighted by Crippen LogP contribution is -2.37. The zero-order chi connectivity index (χ0) is 18.0. The summed E-state index contributed by atoms with van der Waals surface area (Å²) in [5.41, 5.74) is 2.17. The number of hydrogen-bond donors (Lipinski definition) is 1. The summed E-state index contributed by atoms with van der Waals surface area (Å²) in [6.07, 6.45) is 4.60. The molecule has 1 aromatic heterocycles. The fraction of sp³-hybridized carbons (Fsp3) is 0.556. The Balaban J connectivity index is 1.70. The predicted octanol–water partition coefficient (Wildman–Crippen LogP) is 2.05. The van der Waals surface area contributed by atoms with Gasteiger partial charge in [-0.3, -0.25) is 4.79 Å². The number of pyridine rings is 1. The van der Waals surface area contributed by atoms with Crippen LogP contribution in [0.4, 0.5) is 0 Å². The molecular weight excluding hydrogens is 338 g/mol. The molecule has 0 unspecified atom stereocenters. The van der Waals surface area contributed by atoms with Gasteiger partial charge in [-0.05, 0) is 42.9 Å². The van der Waals surface area contributed by atoms with Crippen molar-refractivity contribution in [1.29, 1.82) is 0 Å². The maximum absolute atomic E-state index is 12.3. The number of carbonyl (C=O) groups excluding carboxylic acids is 1. The molecule has 0 radical (unpaired) electrons. The molecular formula is C18H25N3O3S. The van der Waals surface area contributed by atoms with E-state index in [0.717, 1.165) is 24.1 Å². The summed E-state index contributed by atoms with van der Waals surface area (Å²) in [4.78, 5) is 16.6. The molecule has 1 aliphatic carbocycles. The normalized spacial score (nSPS) is 18.9. The molecule has 136 valence electrons. The van der Waals surface area contributed by atoms with Gasteiger partial charge in [-0.25, -0.2) is 13.4 Å². The Bertz CT molecular complexity index is 783. The van der Waals surface area contributed by atoms with E-state index in [9.17, 15) is 13.2 Å². The zero-order valence-electron chi connectivity index (χ0n) is 14.7. The van der Waals surface area contributed by atoms with Crippen molar-refractivity contribution in [2.24, 2.45) is 5.92 Å². The van der Waals surface area contributed by atoms with Crippen molar-refractivity contribution in [3.8, 4) is 0 Å². The van der Waals surface area contributed by atoms with E-state index in [2.05, 4.69) is 10.3 Å². The zero-order valence-corrected chi connectivity index (χ0v) is 15.6. The Labute approximate surface area is 149 Å². The predicted molar refractivity (Wildman–Crippen MR) is 97.5 cm³/mol. The van der Waals surface area contributed by atoms with Crippen LogP contribution in [0.5, 0.6) is 0 Å². The molecule has 0 spiro atoms. The summed E-state index contributed by atoms with van der Waals surface area (Å²) in [5, 5.41) is 2.94. The van der Waals surface area contributed by atoms with Gasteiger partial charge < -0.3 is 5.32 Å². The number of sulfonamides is 1. The number of amides is 1. The van der Waals surface area contributed by atoms with Crippen molar-refractivity contribution in [2.75, 3.05) is 18.8 Å². The molecule has 25 heavy (non-hydrogen) atoms. The number of hydrogen-bond acceptors (Lipinski definition) is 4. The van der Waals surface area contributed by atoms with Crippen LogP contribution in [0.3, 0.4) is 0 Å². The maximum Gasteiger partial charge on any atom is 0.270 e. The minimum absolute atomic E-state index is 0.110. The SMILES string of the molecule is CC(C)CS(=O)(=O)N1CC=C(c2cccc(C(=O)NC3CC3)n2)CC1. The monoisotopic (exact) mass is 363 g/mol. The van der Waals surface area contributed by atoms with Crippen LogP contribution < -0.4 is 5.32 Å². The van der Waals surface area contributed by atoms with Gasteiger partial charge in [-0.2, -0.15) is 4.31 Å². The summed E-state index contributed by atoms with van der Waals surface area (Å²) >= 11 is 0. The van der Waals surface area contributed by atoms with Crippen LogP contribution in [0.2, 0.25) is 0 Å². The Morgan fingerprint density at radius 3 is 2.72 bits per heavy atom. The van der Waals surface area contributed by atoms with Crippen LogP contribution >= 0.6 is 0 Å². The second kappa shape index (κ2) is 7.25. The summed E-state index contributed by atoms with van der Waals surface area (Å²) in [5.74, 6) is 0.145. The van der Waals surface area contributed by atoms with Crippen molar-refractivity contribution < 1.29 is 13.2 Å². The van der Waals surface area contributed by atoms with Crippen LogP contribution in [-0.4, -0.2) is 48.5 Å². The lowest BCUT2D eigenvalue weighted by molar-refractivity contribution is 0.0946. The molecule has 1 aromatic rings. The Morgan fingerprint density at radius 2 is 2.12 bits per heavy atom. The van der Waals surface area contributed by atoms with E-state index in [1.165, 1.54) is 4.31 Å². The van der Waals surface area contributed by atoms with Crippen LogP contribution in [0.1, 0.15) is 49.3 Å². The molecule has 7 heteroatoms. The molecule has 1 fully saturated rings. The quantitative estimate of drug-likeness (QED) is 0.839. The number of carbonyl (C=O) groups is 1. The molecule has 1 N–H and O–H groups in total. The van der Waals surface area contributed by atoms with Crippen molar-refractivity contribution in [3.05, 3.63) is 35.7 Å². The van der Waals surface area contributed by atoms with Crippen LogP contribution in [0.25, 0.3) is 5.57 Å². The molecule has 1 aliphatic heterocycles. The van der Waals surface area contributed by atoms with Gasteiger partial charge in [0.2, 0.25) is 10.0 Å². The van der Waals surface area contributed by atoms with Crippen molar-refractivity contribution in [1.82, 2.24) is 14.6 Å². The highest BCUT2D eigenvalue weighted by Crippen LogP contribution is 2.24. The highest BCUT2D eigenvalue weighted by Gasteiger charge is 2.26. The minimum Gasteiger partial charge on any atom is -0.348 e. The highest BCUT2D eigenvalue weighted by atomic mass is 32.2. The fourth-order valence-corrected chi connectivity index (χ4v) is 4.61. The van der Waals surface area contributed by atoms with Gasteiger partial charge in [-0.15, -0.1) is 0 Å². The molecule has 2 aliphatic rings. The van der Waals surface area contributed by atoms with Crippen LogP contribution in [-0.2, 0) is 10.0 Å². The molecule has 0 saturated heterocycles. The number of nitrogens with one attached hydrogen (secondary N) is 1. The van der Waals surface area contributed by atoms with Gasteiger partial charge >= 0.3 is 0 Å². The van der Waals surface area contributed by atoms with Crippen molar-refractivity contribution in [2.45, 2.75) is 39.2 Å². The number of aromatic nitrogens is 1. The third kappa shape index (κ3) is 4.67. The third-order valence-electron chi connectivity index (χ3n) is 4.33. The molecule has 3 rings (SSSR count). The lowest BCUT2D eigenvalue weighted by atomic mass is 10.1. The average molecular weight is 363 g/mol. The molecule has 0 atom stereocenters. The summed E-state index contributed by atoms with van der Waals surface area (Å²) in [7, 11) is -3.21. The van der Waals surface area contributed by atoms with Gasteiger partial charge in [0.1, 0.15) is 5.69 Å². The van der Waals surface area contributed by atoms with E-state index in [1.807, 2.05) is 32.1 Å². The number of rotatable bonds is 6. The molecule has 1 saturated carbocycles. The molecule has 0 aromatic carbocycles. The summed E-state index contributed by atoms with van der Waals surface area (Å²) < 4.78 is 26.2. The largest absolute Gasteiger partial charge is 0.348 e. The Kier molecular flexibility index (Phi) is 5.24. The highest BCUT2D eigenvalue weighted by molar-refractivity contribution is 7.89. The van der Waals surface area contributed by atoms with Crippen molar-refractivity contribution in [3.63, 3.8) is 0 Å². The second-order valence-electron chi connectivity index (χ2n) is 7.17. The summed E-state index contributed by atoms with van der Waals surface area (Å²) in [6, 6.07) is 5.71. The first-order valence-corrected chi connectivity index (χ1v) is 10.4. The van der Waals surface area contributed by atoms with Gasteiger partial charge in [0.05, 0.1) is 11.4 Å². The van der Waals surface area contributed by atoms with Gasteiger partial charge in [-0.1, -0.05) is 26.0 Å². The first-order chi connectivity index (χ1) is 11.8. The molecule has 0 bridgehead atoms. The fourth-order valence-electron chi connectivity index (χ4n) is 2.89. The smallest absolute Gasteiger partial charge is 0.270 e. The first-order valence-electron chi connectivity index (χ1n) is 8.80. The molecule has 1 amide bonds. The second-order valence-corrected chi connectivity index (χ2v) is 9.18. The van der Waals surface area contributed by atoms with Gasteiger partial charge in [0.25, 0.3) is 5.91 Å². The van der Waals surface area contributed by atoms with E-state index in [1.54, 1.807) is 6.07 Å². The Hall–Kier alpha value is -1.73. The minimum atomic E-state index is -3.21. The maximum atomic E-state index is 12.3. The van der Waals surface area contributed by atoms with E-state index < -0.39 is 10.0 Å². The number of nitrogens with zero attached hydrogens (tertiary/aromatic N) is 2. The first kappa shape index (κ1) is 18.1. The van der Waals surface area contributed by atoms with E-state index in [4.69, 9.17) is 0 Å². The molecule has 2 heterocycles. The third-order valence-corrected chi connectivity index (χ3v) is 6.54. The standard InChI is InChI=1S/C18H25N3O3S/c1-13(2)12-25(23,24)21-10-8-14(9-11-21)16-4-3-5-17(20-16)18(22)19-15-6-7-15/h3-5,8,13,15H,6-7,9-12H2,1-2H3,(H,19,22). The Morgan fingerprint density at radius 1 is 1.36 bits per heavy atom. The van der Waals surface area contributed by atoms with Crippen LogP contribution in [0, 0.1) is 5.92 Å². The topological polar surface area (TPSA) is 79.4 Å². The summed E-state index contributed by atoms with van der Waals surface area (Å²) in [6.45, 7) is 4.64.